The molecule has 0 N–H and O–H groups in total. The molecule has 1 rings (SSSR count). The van der Waals surface area contributed by atoms with Crippen LogP contribution >= 0.6 is 22.6 Å². The van der Waals surface area contributed by atoms with Crippen molar-refractivity contribution in [1.82, 2.24) is 4.98 Å². The summed E-state index contributed by atoms with van der Waals surface area (Å²) < 4.78 is 67.0. The fourth-order valence-corrected chi connectivity index (χ4v) is 2.25. The van der Waals surface area contributed by atoms with Gasteiger partial charge in [0.1, 0.15) is 0 Å². The van der Waals surface area contributed by atoms with E-state index in [1.165, 1.54) is 6.92 Å². The van der Waals surface area contributed by atoms with E-state index in [0.717, 1.165) is 22.6 Å². The second kappa shape index (κ2) is 5.97. The Balaban J connectivity index is 3.45. The van der Waals surface area contributed by atoms with E-state index in [-0.39, 0.29) is 6.61 Å². The zero-order chi connectivity index (χ0) is 14.8. The second-order valence-corrected chi connectivity index (χ2v) is 4.35. The molecule has 0 spiro atoms. The van der Waals surface area contributed by atoms with Crippen LogP contribution in [0.4, 0.5) is 22.0 Å². The van der Waals surface area contributed by atoms with E-state index >= 15 is 0 Å². The van der Waals surface area contributed by atoms with Crippen molar-refractivity contribution >= 4 is 28.6 Å². The summed E-state index contributed by atoms with van der Waals surface area (Å²) in [7, 11) is 0. The van der Waals surface area contributed by atoms with Gasteiger partial charge in [0.15, 0.2) is 5.69 Å². The summed E-state index contributed by atoms with van der Waals surface area (Å²) in [5.41, 5.74) is -3.12. The smallest absolute Gasteiger partial charge is 0.434 e. The minimum atomic E-state index is -4.87. The Morgan fingerprint density at radius 1 is 1.47 bits per heavy atom. The predicted molar refractivity (Wildman–Crippen MR) is 62.9 cm³/mol. The minimum Gasteiger partial charge on any atom is -0.462 e. The van der Waals surface area contributed by atoms with E-state index in [1.54, 1.807) is 0 Å². The van der Waals surface area contributed by atoms with Gasteiger partial charge in [0.25, 0.3) is 6.43 Å². The highest BCUT2D eigenvalue weighted by molar-refractivity contribution is 14.1. The molecular weight excluding hydrogens is 388 g/mol. The standard InChI is InChI=1S/C10H7F5INO2/c1-2-19-9(18)4-3-17-7(10(13,14)15)6(16)5(4)8(11)12/h3,8H,2H2,1H3. The fraction of sp³-hybridized carbons (Fsp3) is 0.400. The first-order valence-electron chi connectivity index (χ1n) is 4.91. The van der Waals surface area contributed by atoms with Crippen LogP contribution < -0.4 is 0 Å². The van der Waals surface area contributed by atoms with Crippen molar-refractivity contribution in [3.63, 3.8) is 0 Å². The third kappa shape index (κ3) is 3.51. The third-order valence-electron chi connectivity index (χ3n) is 2.04. The average molecular weight is 395 g/mol. The number of aromatic nitrogens is 1. The Hall–Kier alpha value is -1.00. The van der Waals surface area contributed by atoms with Crippen LogP contribution in [0.5, 0.6) is 0 Å². The van der Waals surface area contributed by atoms with Gasteiger partial charge in [-0.15, -0.1) is 0 Å². The zero-order valence-corrected chi connectivity index (χ0v) is 11.6. The molecule has 9 heteroatoms. The van der Waals surface area contributed by atoms with Crippen molar-refractivity contribution in [3.05, 3.63) is 26.6 Å². The van der Waals surface area contributed by atoms with Crippen molar-refractivity contribution in [2.24, 2.45) is 0 Å². The summed E-state index contributed by atoms with van der Waals surface area (Å²) in [6.45, 7) is 1.36. The third-order valence-corrected chi connectivity index (χ3v) is 3.13. The van der Waals surface area contributed by atoms with E-state index in [1.807, 2.05) is 0 Å². The van der Waals surface area contributed by atoms with Crippen LogP contribution in [0.1, 0.15) is 35.0 Å². The summed E-state index contributed by atoms with van der Waals surface area (Å²) >= 11 is 1.10. The number of carbonyl (C=O) groups is 1. The first kappa shape index (κ1) is 16.1. The molecule has 0 saturated carbocycles. The maximum atomic E-state index is 12.8. The number of nitrogens with zero attached hydrogens (tertiary/aromatic N) is 1. The number of pyridine rings is 1. The molecule has 0 aromatic carbocycles. The van der Waals surface area contributed by atoms with E-state index < -0.39 is 39.0 Å². The SMILES string of the molecule is CCOC(=O)c1cnc(C(F)(F)F)c(I)c1C(F)F. The van der Waals surface area contributed by atoms with Gasteiger partial charge < -0.3 is 4.74 Å². The molecule has 0 aliphatic rings. The molecule has 106 valence electrons. The first-order chi connectivity index (χ1) is 8.70. The van der Waals surface area contributed by atoms with Crippen molar-refractivity contribution in [2.75, 3.05) is 6.61 Å². The molecule has 0 aliphatic heterocycles. The van der Waals surface area contributed by atoms with E-state index in [2.05, 4.69) is 9.72 Å². The molecule has 0 unspecified atom stereocenters. The summed E-state index contributed by atoms with van der Waals surface area (Å²) in [6.07, 6.45) is -7.65. The molecule has 0 saturated heterocycles. The van der Waals surface area contributed by atoms with Gasteiger partial charge in [-0.05, 0) is 29.5 Å². The molecule has 3 nitrogen and oxygen atoms in total. The van der Waals surface area contributed by atoms with Gasteiger partial charge in [0, 0.05) is 11.8 Å². The largest absolute Gasteiger partial charge is 0.462 e. The molecule has 1 aromatic rings. The summed E-state index contributed by atoms with van der Waals surface area (Å²) in [6, 6.07) is 0. The molecule has 0 fully saturated rings. The highest BCUT2D eigenvalue weighted by Gasteiger charge is 2.38. The lowest BCUT2D eigenvalue weighted by Crippen LogP contribution is -2.17. The second-order valence-electron chi connectivity index (χ2n) is 3.27. The topological polar surface area (TPSA) is 39.2 Å². The van der Waals surface area contributed by atoms with E-state index in [4.69, 9.17) is 0 Å². The number of rotatable bonds is 3. The van der Waals surface area contributed by atoms with Gasteiger partial charge in [-0.1, -0.05) is 0 Å². The van der Waals surface area contributed by atoms with Crippen LogP contribution in [0, 0.1) is 3.57 Å². The lowest BCUT2D eigenvalue weighted by molar-refractivity contribution is -0.142. The van der Waals surface area contributed by atoms with Crippen LogP contribution in [-0.2, 0) is 10.9 Å². The van der Waals surface area contributed by atoms with E-state index in [9.17, 15) is 26.7 Å². The van der Waals surface area contributed by atoms with Gasteiger partial charge in [-0.25, -0.2) is 18.6 Å². The monoisotopic (exact) mass is 395 g/mol. The Kier molecular flexibility index (Phi) is 5.04. The fourth-order valence-electron chi connectivity index (χ4n) is 1.28. The number of hydrogen-bond donors (Lipinski definition) is 0. The number of esters is 1. The Labute approximate surface area is 118 Å². The van der Waals surface area contributed by atoms with Gasteiger partial charge in [0.05, 0.1) is 15.7 Å². The molecule has 1 aromatic heterocycles. The highest BCUT2D eigenvalue weighted by atomic mass is 127. The van der Waals surface area contributed by atoms with Crippen LogP contribution in [0.3, 0.4) is 0 Å². The molecule has 0 radical (unpaired) electrons. The molecule has 0 atom stereocenters. The number of ether oxygens (including phenoxy) is 1. The van der Waals surface area contributed by atoms with Crippen molar-refractivity contribution < 1.29 is 31.5 Å². The zero-order valence-electron chi connectivity index (χ0n) is 9.39. The number of carbonyl (C=O) groups excluding carboxylic acids is 1. The maximum absolute atomic E-state index is 12.8. The van der Waals surface area contributed by atoms with E-state index in [0.29, 0.717) is 6.20 Å². The number of alkyl halides is 5. The van der Waals surface area contributed by atoms with Gasteiger partial charge in [0.2, 0.25) is 0 Å². The molecule has 19 heavy (non-hydrogen) atoms. The number of halogens is 6. The molecule has 0 amide bonds. The Morgan fingerprint density at radius 2 is 2.05 bits per heavy atom. The van der Waals surface area contributed by atoms with Crippen molar-refractivity contribution in [1.29, 1.82) is 0 Å². The molecule has 1 heterocycles. The quantitative estimate of drug-likeness (QED) is 0.444. The van der Waals surface area contributed by atoms with Crippen LogP contribution in [0.2, 0.25) is 0 Å². The highest BCUT2D eigenvalue weighted by Crippen LogP contribution is 2.37. The minimum absolute atomic E-state index is 0.0842. The van der Waals surface area contributed by atoms with Crippen molar-refractivity contribution in [3.8, 4) is 0 Å². The summed E-state index contributed by atoms with van der Waals surface area (Å²) in [5.74, 6) is -1.13. The lowest BCUT2D eigenvalue weighted by Gasteiger charge is -2.14. The van der Waals surface area contributed by atoms with Gasteiger partial charge in [-0.3, -0.25) is 0 Å². The maximum Gasteiger partial charge on any atom is 0.434 e. The van der Waals surface area contributed by atoms with Crippen LogP contribution in [0.15, 0.2) is 6.20 Å². The Morgan fingerprint density at radius 3 is 2.47 bits per heavy atom. The predicted octanol–water partition coefficient (Wildman–Crippen LogP) is 3.82. The average Bonchev–Trinajstić information content (AvgIpc) is 2.26. The normalized spacial score (nSPS) is 11.8. The lowest BCUT2D eigenvalue weighted by atomic mass is 10.1. The number of hydrogen-bond acceptors (Lipinski definition) is 3. The van der Waals surface area contributed by atoms with Crippen molar-refractivity contribution in [2.45, 2.75) is 19.5 Å². The van der Waals surface area contributed by atoms with Gasteiger partial charge >= 0.3 is 12.1 Å². The molecule has 0 bridgehead atoms. The summed E-state index contributed by atoms with van der Waals surface area (Å²) in [4.78, 5) is 14.4. The molecular formula is C10H7F5INO2. The summed E-state index contributed by atoms with van der Waals surface area (Å²) in [5, 5.41) is 0. The van der Waals surface area contributed by atoms with Crippen LogP contribution in [0.25, 0.3) is 0 Å². The Bertz CT molecular complexity index is 490. The molecule has 0 aliphatic carbocycles. The first-order valence-corrected chi connectivity index (χ1v) is 5.98. The van der Waals surface area contributed by atoms with Gasteiger partial charge in [-0.2, -0.15) is 13.2 Å². The van der Waals surface area contributed by atoms with Crippen LogP contribution in [-0.4, -0.2) is 17.6 Å².